The fourth-order valence-electron chi connectivity index (χ4n) is 6.33. The van der Waals surface area contributed by atoms with Crippen LogP contribution in [-0.2, 0) is 5.41 Å². The highest BCUT2D eigenvalue weighted by molar-refractivity contribution is 7.10. The van der Waals surface area contributed by atoms with E-state index in [1.165, 1.54) is 25.0 Å². The second kappa shape index (κ2) is 5.36. The molecule has 0 aromatic carbocycles. The summed E-state index contributed by atoms with van der Waals surface area (Å²) in [6.07, 6.45) is 3.42. The molecule has 0 radical (unpaired) electrons. The zero-order chi connectivity index (χ0) is 18.0. The van der Waals surface area contributed by atoms with E-state index in [-0.39, 0.29) is 22.1 Å². The SMILES string of the molecule is Cc1csc2c1C(=O)NCCC21CC(C)(C)BC(C)(C)CC1(C)C. The summed E-state index contributed by atoms with van der Waals surface area (Å²) in [4.78, 5) is 14.0. The molecule has 2 aliphatic rings. The molecule has 1 amide bonds. The van der Waals surface area contributed by atoms with Gasteiger partial charge in [-0.15, -0.1) is 11.3 Å². The molecule has 132 valence electrons. The van der Waals surface area contributed by atoms with Gasteiger partial charge in [-0.25, -0.2) is 0 Å². The van der Waals surface area contributed by atoms with Crippen LogP contribution in [0.5, 0.6) is 0 Å². The second-order valence-electron chi connectivity index (χ2n) is 10.5. The van der Waals surface area contributed by atoms with Gasteiger partial charge in [0.15, 0.2) is 0 Å². The summed E-state index contributed by atoms with van der Waals surface area (Å²) in [5.74, 6) is 0.137. The number of hydrogen-bond donors (Lipinski definition) is 1. The van der Waals surface area contributed by atoms with Crippen LogP contribution in [0.1, 0.15) is 81.6 Å². The summed E-state index contributed by atoms with van der Waals surface area (Å²) < 4.78 is 0. The van der Waals surface area contributed by atoms with Crippen LogP contribution in [0.15, 0.2) is 5.38 Å². The van der Waals surface area contributed by atoms with Gasteiger partial charge < -0.3 is 5.32 Å². The van der Waals surface area contributed by atoms with E-state index in [1.54, 1.807) is 0 Å². The van der Waals surface area contributed by atoms with Crippen LogP contribution in [0.4, 0.5) is 0 Å². The van der Waals surface area contributed by atoms with Gasteiger partial charge in [0.1, 0.15) is 7.28 Å². The highest BCUT2D eigenvalue weighted by atomic mass is 32.1. The maximum Gasteiger partial charge on any atom is 0.252 e. The Morgan fingerprint density at radius 2 is 1.71 bits per heavy atom. The first kappa shape index (κ1) is 18.0. The minimum Gasteiger partial charge on any atom is -0.352 e. The lowest BCUT2D eigenvalue weighted by Crippen LogP contribution is -2.43. The molecule has 3 heterocycles. The zero-order valence-corrected chi connectivity index (χ0v) is 17.2. The molecule has 1 fully saturated rings. The van der Waals surface area contributed by atoms with E-state index in [0.29, 0.717) is 5.31 Å². The highest BCUT2D eigenvalue weighted by Gasteiger charge is 2.56. The van der Waals surface area contributed by atoms with Gasteiger partial charge >= 0.3 is 0 Å². The van der Waals surface area contributed by atoms with Crippen molar-refractivity contribution in [2.24, 2.45) is 5.41 Å². The molecule has 1 N–H and O–H groups in total. The number of rotatable bonds is 0. The van der Waals surface area contributed by atoms with Crippen molar-refractivity contribution in [1.29, 1.82) is 0 Å². The van der Waals surface area contributed by atoms with Gasteiger partial charge in [-0.3, -0.25) is 4.79 Å². The molecule has 1 saturated heterocycles. The van der Waals surface area contributed by atoms with E-state index in [9.17, 15) is 4.79 Å². The van der Waals surface area contributed by atoms with Gasteiger partial charge in [0.2, 0.25) is 0 Å². The third-order valence-electron chi connectivity index (χ3n) is 6.43. The predicted octanol–water partition coefficient (Wildman–Crippen LogP) is 5.08. The number of nitrogens with one attached hydrogen (secondary N) is 1. The third-order valence-corrected chi connectivity index (χ3v) is 7.73. The molecule has 3 rings (SSSR count). The Bertz CT molecular complexity index is 673. The molecule has 0 aliphatic carbocycles. The highest BCUT2D eigenvalue weighted by Crippen LogP contribution is 2.64. The maximum atomic E-state index is 12.7. The van der Waals surface area contributed by atoms with Crippen LogP contribution in [0.2, 0.25) is 10.6 Å². The Labute approximate surface area is 152 Å². The summed E-state index contributed by atoms with van der Waals surface area (Å²) in [7, 11) is 1.24. The molecule has 0 bridgehead atoms. The smallest absolute Gasteiger partial charge is 0.252 e. The number of aryl methyl sites for hydroxylation is 1. The largest absolute Gasteiger partial charge is 0.352 e. The summed E-state index contributed by atoms with van der Waals surface area (Å²) in [5, 5.41) is 5.97. The fourth-order valence-corrected chi connectivity index (χ4v) is 7.79. The van der Waals surface area contributed by atoms with Crippen molar-refractivity contribution in [3.05, 3.63) is 21.4 Å². The van der Waals surface area contributed by atoms with Crippen molar-refractivity contribution in [2.75, 3.05) is 6.54 Å². The van der Waals surface area contributed by atoms with Crippen molar-refractivity contribution in [3.63, 3.8) is 0 Å². The molecule has 4 heteroatoms. The quantitative estimate of drug-likeness (QED) is 0.653. The standard InChI is InChI=1S/C20H32BNOS/c1-13-10-24-15-14(13)16(23)22-9-8-20(15)12-19(6,7)21-18(4,5)11-17(20,2)3/h10,21H,8-9,11-12H2,1-7H3,(H,22,23). The normalized spacial score (nSPS) is 30.7. The lowest BCUT2D eigenvalue weighted by Gasteiger charge is -2.49. The minimum atomic E-state index is 0.0810. The van der Waals surface area contributed by atoms with Crippen molar-refractivity contribution in [3.8, 4) is 0 Å². The van der Waals surface area contributed by atoms with E-state index < -0.39 is 0 Å². The topological polar surface area (TPSA) is 29.1 Å². The summed E-state index contributed by atoms with van der Waals surface area (Å²) in [6, 6.07) is 0. The summed E-state index contributed by atoms with van der Waals surface area (Å²) >= 11 is 1.83. The monoisotopic (exact) mass is 345 g/mol. The minimum absolute atomic E-state index is 0.0810. The molecule has 1 aromatic heterocycles. The van der Waals surface area contributed by atoms with Crippen molar-refractivity contribution < 1.29 is 4.79 Å². The maximum absolute atomic E-state index is 12.7. The van der Waals surface area contributed by atoms with E-state index in [4.69, 9.17) is 0 Å². The number of carbonyl (C=O) groups is 1. The number of hydrogen-bond acceptors (Lipinski definition) is 2. The first-order valence-electron chi connectivity index (χ1n) is 9.26. The van der Waals surface area contributed by atoms with Crippen molar-refractivity contribution in [1.82, 2.24) is 5.32 Å². The number of amides is 1. The van der Waals surface area contributed by atoms with Crippen LogP contribution in [0, 0.1) is 12.3 Å². The van der Waals surface area contributed by atoms with E-state index in [1.807, 2.05) is 11.3 Å². The number of carbonyl (C=O) groups excluding carboxylic acids is 1. The third kappa shape index (κ3) is 2.75. The second-order valence-corrected chi connectivity index (χ2v) is 11.3. The zero-order valence-electron chi connectivity index (χ0n) is 16.4. The number of thiophene rings is 1. The van der Waals surface area contributed by atoms with E-state index in [2.05, 4.69) is 59.2 Å². The first-order chi connectivity index (χ1) is 10.9. The van der Waals surface area contributed by atoms with Crippen molar-refractivity contribution in [2.45, 2.75) is 83.8 Å². The first-order valence-corrected chi connectivity index (χ1v) is 10.1. The van der Waals surface area contributed by atoms with Crippen LogP contribution >= 0.6 is 11.3 Å². The molecular formula is C20H32BNOS. The molecule has 2 aliphatic heterocycles. The molecule has 2 nitrogen and oxygen atoms in total. The molecular weight excluding hydrogens is 313 g/mol. The van der Waals surface area contributed by atoms with Gasteiger partial charge in [0.05, 0.1) is 5.56 Å². The average molecular weight is 345 g/mol. The molecule has 1 unspecified atom stereocenters. The van der Waals surface area contributed by atoms with Gasteiger partial charge in [0.25, 0.3) is 5.91 Å². The number of fused-ring (bicyclic) bond motifs is 2. The molecule has 1 aromatic rings. The Morgan fingerprint density at radius 3 is 2.38 bits per heavy atom. The van der Waals surface area contributed by atoms with Crippen LogP contribution in [0.3, 0.4) is 0 Å². The van der Waals surface area contributed by atoms with E-state index >= 15 is 0 Å². The molecule has 1 atom stereocenters. The Hall–Kier alpha value is -0.765. The van der Waals surface area contributed by atoms with Crippen LogP contribution < -0.4 is 5.32 Å². The Kier molecular flexibility index (Phi) is 4.03. The lowest BCUT2D eigenvalue weighted by atomic mass is 9.40. The molecule has 24 heavy (non-hydrogen) atoms. The summed E-state index contributed by atoms with van der Waals surface area (Å²) in [5.41, 5.74) is 2.37. The molecule has 0 saturated carbocycles. The molecule has 1 spiro atoms. The van der Waals surface area contributed by atoms with Crippen molar-refractivity contribution >= 4 is 24.5 Å². The van der Waals surface area contributed by atoms with Crippen LogP contribution in [-0.4, -0.2) is 19.7 Å². The van der Waals surface area contributed by atoms with Crippen LogP contribution in [0.25, 0.3) is 0 Å². The lowest BCUT2D eigenvalue weighted by molar-refractivity contribution is 0.0951. The van der Waals surface area contributed by atoms with Gasteiger partial charge in [-0.1, -0.05) is 52.2 Å². The summed E-state index contributed by atoms with van der Waals surface area (Å²) in [6.45, 7) is 17.5. The van der Waals surface area contributed by atoms with Gasteiger partial charge in [-0.05, 0) is 42.5 Å². The van der Waals surface area contributed by atoms with E-state index in [0.717, 1.165) is 24.1 Å². The predicted molar refractivity (Wildman–Crippen MR) is 106 cm³/mol. The fraction of sp³-hybridized carbons (Fsp3) is 0.750. The van der Waals surface area contributed by atoms with Gasteiger partial charge in [-0.2, -0.15) is 0 Å². The average Bonchev–Trinajstić information content (AvgIpc) is 2.66. The Morgan fingerprint density at radius 1 is 1.08 bits per heavy atom. The Balaban J connectivity index is 2.26. The van der Waals surface area contributed by atoms with Gasteiger partial charge in [0, 0.05) is 16.8 Å².